The molecule has 1 aromatic heterocycles. The second-order valence-electron chi connectivity index (χ2n) is 3.47. The topological polar surface area (TPSA) is 59.1 Å². The van der Waals surface area contributed by atoms with Gasteiger partial charge in [-0.15, -0.1) is 12.3 Å². The summed E-state index contributed by atoms with van der Waals surface area (Å²) >= 11 is 6.63. The molecular weight excluding hydrogens is 280 g/mol. The molecule has 0 amide bonds. The Morgan fingerprint density at radius 2 is 2.29 bits per heavy atom. The molecule has 0 aliphatic rings. The summed E-state index contributed by atoms with van der Waals surface area (Å²) in [6.07, 6.45) is 6.18. The highest BCUT2D eigenvalue weighted by molar-refractivity contribution is 7.91. The quantitative estimate of drug-likeness (QED) is 0.846. The minimum atomic E-state index is -3.58. The Kier molecular flexibility index (Phi) is 4.95. The Hall–Kier alpha value is -0.610. The highest BCUT2D eigenvalue weighted by Crippen LogP contribution is 2.26. The summed E-state index contributed by atoms with van der Waals surface area (Å²) in [6.45, 7) is 3.48. The number of sulfonamides is 1. The van der Waals surface area contributed by atoms with Gasteiger partial charge in [0, 0.05) is 12.5 Å². The van der Waals surface area contributed by atoms with Crippen LogP contribution in [0.2, 0.25) is 4.47 Å². The molecule has 0 saturated heterocycles. The fourth-order valence-corrected chi connectivity index (χ4v) is 4.36. The number of nitrogens with one attached hydrogen (secondary N) is 1. The van der Waals surface area contributed by atoms with Crippen molar-refractivity contribution in [2.75, 3.05) is 0 Å². The average Bonchev–Trinajstić information content (AvgIpc) is 2.57. The van der Waals surface area contributed by atoms with Gasteiger partial charge in [-0.25, -0.2) is 18.1 Å². The maximum absolute atomic E-state index is 12.0. The molecule has 17 heavy (non-hydrogen) atoms. The predicted molar refractivity (Wildman–Crippen MR) is 69.7 cm³/mol. The van der Waals surface area contributed by atoms with Crippen molar-refractivity contribution in [3.8, 4) is 12.3 Å². The maximum atomic E-state index is 12.0. The normalized spacial score (nSPS) is 13.3. The van der Waals surface area contributed by atoms with Crippen LogP contribution in [-0.2, 0) is 10.0 Å². The van der Waals surface area contributed by atoms with E-state index in [9.17, 15) is 8.42 Å². The molecular formula is C10H13ClN2O2S2. The zero-order chi connectivity index (χ0) is 13.1. The monoisotopic (exact) mass is 292 g/mol. The van der Waals surface area contributed by atoms with Gasteiger partial charge in [0.15, 0.2) is 8.68 Å². The van der Waals surface area contributed by atoms with Gasteiger partial charge in [-0.3, -0.25) is 0 Å². The van der Waals surface area contributed by atoms with E-state index in [-0.39, 0.29) is 14.7 Å². The van der Waals surface area contributed by atoms with Crippen LogP contribution < -0.4 is 4.72 Å². The van der Waals surface area contributed by atoms with E-state index in [2.05, 4.69) is 15.6 Å². The second kappa shape index (κ2) is 5.83. The van der Waals surface area contributed by atoms with Crippen molar-refractivity contribution in [3.05, 3.63) is 10.2 Å². The highest BCUT2D eigenvalue weighted by atomic mass is 35.5. The van der Waals surface area contributed by atoms with E-state index in [1.807, 2.05) is 6.92 Å². The average molecular weight is 293 g/mol. The standard InChI is InChI=1S/C10H13ClN2O2S2/c1-4-6-8(5-2)13-17(14,15)9-7(3)12-10(11)16-9/h1,8,13H,5-6H2,2-3H3. The third-order valence-corrected chi connectivity index (χ3v) is 5.54. The van der Waals surface area contributed by atoms with Crippen LogP contribution in [-0.4, -0.2) is 19.4 Å². The molecule has 0 aliphatic carbocycles. The summed E-state index contributed by atoms with van der Waals surface area (Å²) in [6, 6.07) is -0.259. The Morgan fingerprint density at radius 1 is 1.65 bits per heavy atom. The van der Waals surface area contributed by atoms with Crippen LogP contribution in [0, 0.1) is 19.3 Å². The molecule has 0 spiro atoms. The number of rotatable bonds is 5. The molecule has 0 bridgehead atoms. The first-order valence-electron chi connectivity index (χ1n) is 4.99. The summed E-state index contributed by atoms with van der Waals surface area (Å²) < 4.78 is 27.0. The highest BCUT2D eigenvalue weighted by Gasteiger charge is 2.23. The van der Waals surface area contributed by atoms with Crippen molar-refractivity contribution in [2.24, 2.45) is 0 Å². The molecule has 0 aromatic carbocycles. The number of aromatic nitrogens is 1. The molecule has 94 valence electrons. The lowest BCUT2D eigenvalue weighted by molar-refractivity contribution is 0.545. The van der Waals surface area contributed by atoms with E-state index in [0.717, 1.165) is 11.3 Å². The number of halogens is 1. The number of hydrogen-bond acceptors (Lipinski definition) is 4. The number of thiazole rings is 1. The lowest BCUT2D eigenvalue weighted by Crippen LogP contribution is -2.34. The molecule has 1 atom stereocenters. The first-order chi connectivity index (χ1) is 7.90. The van der Waals surface area contributed by atoms with Crippen molar-refractivity contribution >= 4 is 33.0 Å². The van der Waals surface area contributed by atoms with Crippen LogP contribution in [0.15, 0.2) is 4.21 Å². The Labute approximate surface area is 110 Å². The zero-order valence-corrected chi connectivity index (χ0v) is 11.9. The van der Waals surface area contributed by atoms with Gasteiger partial charge in [-0.2, -0.15) is 0 Å². The van der Waals surface area contributed by atoms with Gasteiger partial charge in [0.1, 0.15) is 0 Å². The van der Waals surface area contributed by atoms with E-state index in [0.29, 0.717) is 18.5 Å². The van der Waals surface area contributed by atoms with E-state index in [1.54, 1.807) is 6.92 Å². The summed E-state index contributed by atoms with van der Waals surface area (Å²) in [5, 5.41) is 0. The maximum Gasteiger partial charge on any atom is 0.252 e. The summed E-state index contributed by atoms with van der Waals surface area (Å²) in [7, 11) is -3.58. The summed E-state index contributed by atoms with van der Waals surface area (Å²) in [4.78, 5) is 3.88. The fourth-order valence-electron chi connectivity index (χ4n) is 1.28. The Balaban J connectivity index is 2.97. The molecule has 0 radical (unpaired) electrons. The number of hydrogen-bond donors (Lipinski definition) is 1. The van der Waals surface area contributed by atoms with Crippen LogP contribution in [0.4, 0.5) is 0 Å². The van der Waals surface area contributed by atoms with Gasteiger partial charge in [0.05, 0.1) is 5.69 Å². The summed E-state index contributed by atoms with van der Waals surface area (Å²) in [5.41, 5.74) is 0.406. The molecule has 0 fully saturated rings. The van der Waals surface area contributed by atoms with Crippen LogP contribution >= 0.6 is 22.9 Å². The molecule has 1 aromatic rings. The Morgan fingerprint density at radius 3 is 2.71 bits per heavy atom. The molecule has 1 rings (SSSR count). The van der Waals surface area contributed by atoms with Crippen LogP contribution in [0.5, 0.6) is 0 Å². The predicted octanol–water partition coefficient (Wildman–Crippen LogP) is 2.19. The van der Waals surface area contributed by atoms with E-state index in [1.165, 1.54) is 0 Å². The van der Waals surface area contributed by atoms with Gasteiger partial charge < -0.3 is 0 Å². The minimum Gasteiger partial charge on any atom is -0.229 e. The van der Waals surface area contributed by atoms with Gasteiger partial charge in [0.25, 0.3) is 10.0 Å². The van der Waals surface area contributed by atoms with E-state index < -0.39 is 10.0 Å². The van der Waals surface area contributed by atoms with Gasteiger partial charge in [-0.05, 0) is 13.3 Å². The SMILES string of the molecule is C#CCC(CC)NS(=O)(=O)c1sc(Cl)nc1C. The van der Waals surface area contributed by atoms with Crippen LogP contribution in [0.25, 0.3) is 0 Å². The smallest absolute Gasteiger partial charge is 0.229 e. The molecule has 1 unspecified atom stereocenters. The molecule has 0 aliphatic heterocycles. The zero-order valence-electron chi connectivity index (χ0n) is 9.53. The third kappa shape index (κ3) is 3.68. The van der Waals surface area contributed by atoms with E-state index >= 15 is 0 Å². The van der Waals surface area contributed by atoms with Gasteiger partial charge >= 0.3 is 0 Å². The van der Waals surface area contributed by atoms with Gasteiger partial charge in [-0.1, -0.05) is 29.9 Å². The lowest BCUT2D eigenvalue weighted by atomic mass is 10.2. The third-order valence-electron chi connectivity index (χ3n) is 2.15. The first kappa shape index (κ1) is 14.5. The van der Waals surface area contributed by atoms with Crippen molar-refractivity contribution < 1.29 is 8.42 Å². The molecule has 1 heterocycles. The van der Waals surface area contributed by atoms with Crippen molar-refractivity contribution in [3.63, 3.8) is 0 Å². The van der Waals surface area contributed by atoms with Crippen LogP contribution in [0.1, 0.15) is 25.5 Å². The lowest BCUT2D eigenvalue weighted by Gasteiger charge is -2.13. The largest absolute Gasteiger partial charge is 0.252 e. The fraction of sp³-hybridized carbons (Fsp3) is 0.500. The number of terminal acetylenes is 1. The van der Waals surface area contributed by atoms with Gasteiger partial charge in [0.2, 0.25) is 0 Å². The molecule has 7 heteroatoms. The molecule has 4 nitrogen and oxygen atoms in total. The van der Waals surface area contributed by atoms with Crippen molar-refractivity contribution in [1.29, 1.82) is 0 Å². The Bertz CT molecular complexity index is 531. The number of aryl methyl sites for hydroxylation is 1. The first-order valence-corrected chi connectivity index (χ1v) is 7.67. The minimum absolute atomic E-state index is 0.151. The van der Waals surface area contributed by atoms with E-state index in [4.69, 9.17) is 18.0 Å². The molecule has 0 saturated carbocycles. The molecule has 1 N–H and O–H groups in total. The second-order valence-corrected chi connectivity index (χ2v) is 6.96. The number of nitrogens with zero attached hydrogens (tertiary/aromatic N) is 1. The van der Waals surface area contributed by atoms with Crippen molar-refractivity contribution in [1.82, 2.24) is 9.71 Å². The van der Waals surface area contributed by atoms with Crippen molar-refractivity contribution in [2.45, 2.75) is 36.9 Å². The van der Waals surface area contributed by atoms with Crippen LogP contribution in [0.3, 0.4) is 0 Å². The summed E-state index contributed by atoms with van der Waals surface area (Å²) in [5.74, 6) is 2.45.